The zero-order valence-electron chi connectivity index (χ0n) is 18.3. The summed E-state index contributed by atoms with van der Waals surface area (Å²) < 4.78 is 1.96. The highest BCUT2D eigenvalue weighted by molar-refractivity contribution is 7.99. The summed E-state index contributed by atoms with van der Waals surface area (Å²) in [6, 6.07) is 17.1. The Labute approximate surface area is 196 Å². The quantitative estimate of drug-likeness (QED) is 0.419. The number of nitrogens with zero attached hydrogens (tertiary/aromatic N) is 3. The SMILES string of the molecule is Cc1ccc2[nH]c(SCC(=O)N3CCC[C@H]3C(=O)Nc3ccccc3-n3cccc3)nc2c1. The van der Waals surface area contributed by atoms with Crippen molar-refractivity contribution < 1.29 is 9.59 Å². The van der Waals surface area contributed by atoms with Crippen LogP contribution in [-0.4, -0.2) is 49.6 Å². The number of rotatable bonds is 6. The third-order valence-electron chi connectivity index (χ3n) is 5.87. The van der Waals surface area contributed by atoms with Crippen molar-refractivity contribution in [2.75, 3.05) is 17.6 Å². The predicted octanol–water partition coefficient (Wildman–Crippen LogP) is 4.38. The molecule has 1 fully saturated rings. The van der Waals surface area contributed by atoms with Crippen molar-refractivity contribution in [2.24, 2.45) is 0 Å². The van der Waals surface area contributed by atoms with Gasteiger partial charge in [-0.25, -0.2) is 4.98 Å². The molecule has 3 heterocycles. The molecule has 0 saturated carbocycles. The molecule has 8 heteroatoms. The summed E-state index contributed by atoms with van der Waals surface area (Å²) in [5.41, 5.74) is 4.61. The topological polar surface area (TPSA) is 83.0 Å². The average molecular weight is 460 g/mol. The number of aromatic nitrogens is 3. The molecule has 1 atom stereocenters. The zero-order valence-corrected chi connectivity index (χ0v) is 19.1. The van der Waals surface area contributed by atoms with Crippen LogP contribution in [0.15, 0.2) is 72.1 Å². The van der Waals surface area contributed by atoms with Gasteiger partial charge in [-0.2, -0.15) is 0 Å². The number of thioether (sulfide) groups is 1. The fraction of sp³-hybridized carbons (Fsp3) is 0.240. The van der Waals surface area contributed by atoms with E-state index >= 15 is 0 Å². The summed E-state index contributed by atoms with van der Waals surface area (Å²) >= 11 is 1.37. The molecule has 0 spiro atoms. The molecule has 7 nitrogen and oxygen atoms in total. The molecule has 1 aliphatic rings. The van der Waals surface area contributed by atoms with Crippen LogP contribution in [0.5, 0.6) is 0 Å². The molecule has 33 heavy (non-hydrogen) atoms. The fourth-order valence-corrected chi connectivity index (χ4v) is 5.00. The lowest BCUT2D eigenvalue weighted by Crippen LogP contribution is -2.44. The Morgan fingerprint density at radius 2 is 1.97 bits per heavy atom. The first-order valence-corrected chi connectivity index (χ1v) is 12.0. The van der Waals surface area contributed by atoms with Crippen LogP contribution in [-0.2, 0) is 9.59 Å². The summed E-state index contributed by atoms with van der Waals surface area (Å²) in [6.45, 7) is 2.62. The number of aryl methyl sites for hydroxylation is 1. The number of amides is 2. The maximum absolute atomic E-state index is 13.1. The molecule has 0 radical (unpaired) electrons. The average Bonchev–Trinajstić information content (AvgIpc) is 3.58. The molecule has 5 rings (SSSR count). The number of benzene rings is 2. The Balaban J connectivity index is 1.25. The van der Waals surface area contributed by atoms with Crippen LogP contribution in [0.3, 0.4) is 0 Å². The smallest absolute Gasteiger partial charge is 0.247 e. The number of hydrogen-bond donors (Lipinski definition) is 2. The minimum atomic E-state index is -0.464. The van der Waals surface area contributed by atoms with Crippen LogP contribution in [0.2, 0.25) is 0 Å². The highest BCUT2D eigenvalue weighted by Gasteiger charge is 2.34. The van der Waals surface area contributed by atoms with Crippen molar-refractivity contribution in [3.63, 3.8) is 0 Å². The zero-order chi connectivity index (χ0) is 22.8. The van der Waals surface area contributed by atoms with Crippen molar-refractivity contribution in [3.05, 3.63) is 72.6 Å². The predicted molar refractivity (Wildman–Crippen MR) is 131 cm³/mol. The summed E-state index contributed by atoms with van der Waals surface area (Å²) in [5, 5.41) is 3.76. The van der Waals surface area contributed by atoms with Crippen molar-refractivity contribution in [3.8, 4) is 5.69 Å². The molecule has 2 amide bonds. The van der Waals surface area contributed by atoms with E-state index in [4.69, 9.17) is 0 Å². The van der Waals surface area contributed by atoms with Gasteiger partial charge in [0.25, 0.3) is 0 Å². The number of carbonyl (C=O) groups is 2. The maximum atomic E-state index is 13.1. The number of para-hydroxylation sites is 2. The van der Waals surface area contributed by atoms with Gasteiger partial charge in [0, 0.05) is 18.9 Å². The highest BCUT2D eigenvalue weighted by atomic mass is 32.2. The minimum absolute atomic E-state index is 0.0482. The van der Waals surface area contributed by atoms with E-state index in [1.54, 1.807) is 4.90 Å². The molecule has 2 aromatic carbocycles. The van der Waals surface area contributed by atoms with Crippen LogP contribution in [0, 0.1) is 6.92 Å². The lowest BCUT2D eigenvalue weighted by Gasteiger charge is -2.24. The molecule has 1 aliphatic heterocycles. The van der Waals surface area contributed by atoms with Gasteiger partial charge >= 0.3 is 0 Å². The van der Waals surface area contributed by atoms with E-state index < -0.39 is 6.04 Å². The van der Waals surface area contributed by atoms with Gasteiger partial charge in [-0.05, 0) is 61.7 Å². The summed E-state index contributed by atoms with van der Waals surface area (Å²) in [5.74, 6) is 0.0420. The van der Waals surface area contributed by atoms with Gasteiger partial charge in [-0.3, -0.25) is 9.59 Å². The normalized spacial score (nSPS) is 15.8. The number of aromatic amines is 1. The third kappa shape index (κ3) is 4.52. The molecular formula is C25H25N5O2S. The van der Waals surface area contributed by atoms with E-state index in [9.17, 15) is 9.59 Å². The second-order valence-corrected chi connectivity index (χ2v) is 9.16. The van der Waals surface area contributed by atoms with Gasteiger partial charge in [0.05, 0.1) is 28.2 Å². The molecule has 2 aromatic heterocycles. The summed E-state index contributed by atoms with van der Waals surface area (Å²) in [4.78, 5) is 35.7. The number of imidazole rings is 1. The number of likely N-dealkylation sites (tertiary alicyclic amines) is 1. The first-order chi connectivity index (χ1) is 16.1. The number of anilines is 1. The number of carbonyl (C=O) groups excluding carboxylic acids is 2. The van der Waals surface area contributed by atoms with E-state index in [1.165, 1.54) is 11.8 Å². The Hall–Kier alpha value is -3.52. The highest BCUT2D eigenvalue weighted by Crippen LogP contribution is 2.26. The molecule has 0 unspecified atom stereocenters. The Morgan fingerprint density at radius 1 is 1.15 bits per heavy atom. The third-order valence-corrected chi connectivity index (χ3v) is 6.73. The molecule has 168 valence electrons. The van der Waals surface area contributed by atoms with Gasteiger partial charge in [-0.1, -0.05) is 30.0 Å². The van der Waals surface area contributed by atoms with Crippen molar-refractivity contribution >= 4 is 40.3 Å². The van der Waals surface area contributed by atoms with E-state index in [0.29, 0.717) is 18.1 Å². The van der Waals surface area contributed by atoms with E-state index in [-0.39, 0.29) is 17.6 Å². The van der Waals surface area contributed by atoms with Crippen molar-refractivity contribution in [1.29, 1.82) is 0 Å². The fourth-order valence-electron chi connectivity index (χ4n) is 4.23. The monoisotopic (exact) mass is 459 g/mol. The Bertz CT molecular complexity index is 1300. The first-order valence-electron chi connectivity index (χ1n) is 11.0. The summed E-state index contributed by atoms with van der Waals surface area (Å²) in [6.07, 6.45) is 5.36. The standard InChI is InChI=1S/C25H25N5O2S/c1-17-10-11-18-20(15-17)28-25(27-18)33-16-23(31)30-14-6-9-22(30)24(32)26-19-7-2-3-8-21(19)29-12-4-5-13-29/h2-5,7-8,10-13,15,22H,6,9,14,16H2,1H3,(H,26,32)(H,27,28)/t22-/m0/s1. The minimum Gasteiger partial charge on any atom is -0.333 e. The molecule has 4 aromatic rings. The number of fused-ring (bicyclic) bond motifs is 1. The van der Waals surface area contributed by atoms with Crippen molar-refractivity contribution in [2.45, 2.75) is 31.0 Å². The van der Waals surface area contributed by atoms with Crippen LogP contribution < -0.4 is 5.32 Å². The number of nitrogens with one attached hydrogen (secondary N) is 2. The second-order valence-electron chi connectivity index (χ2n) is 8.19. The van der Waals surface area contributed by atoms with Crippen LogP contribution in [0.1, 0.15) is 18.4 Å². The van der Waals surface area contributed by atoms with Gasteiger partial charge in [0.15, 0.2) is 5.16 Å². The van der Waals surface area contributed by atoms with Gasteiger partial charge in [-0.15, -0.1) is 0 Å². The van der Waals surface area contributed by atoms with E-state index in [2.05, 4.69) is 15.3 Å². The first kappa shape index (κ1) is 21.3. The second kappa shape index (κ2) is 9.15. The maximum Gasteiger partial charge on any atom is 0.247 e. The van der Waals surface area contributed by atoms with Crippen LogP contribution in [0.4, 0.5) is 5.69 Å². The largest absolute Gasteiger partial charge is 0.333 e. The Morgan fingerprint density at radius 3 is 2.82 bits per heavy atom. The van der Waals surface area contributed by atoms with Gasteiger partial charge < -0.3 is 19.8 Å². The number of hydrogen-bond acceptors (Lipinski definition) is 4. The van der Waals surface area contributed by atoms with Gasteiger partial charge in [0.2, 0.25) is 11.8 Å². The van der Waals surface area contributed by atoms with Crippen molar-refractivity contribution in [1.82, 2.24) is 19.4 Å². The number of H-pyrrole nitrogens is 1. The lowest BCUT2D eigenvalue weighted by atomic mass is 10.2. The van der Waals surface area contributed by atoms with Crippen LogP contribution >= 0.6 is 11.8 Å². The van der Waals surface area contributed by atoms with Crippen LogP contribution in [0.25, 0.3) is 16.7 Å². The molecule has 2 N–H and O–H groups in total. The molecular weight excluding hydrogens is 434 g/mol. The Kier molecular flexibility index (Phi) is 5.92. The van der Waals surface area contributed by atoms with E-state index in [0.717, 1.165) is 34.4 Å². The molecule has 0 bridgehead atoms. The van der Waals surface area contributed by atoms with E-state index in [1.807, 2.05) is 78.5 Å². The van der Waals surface area contributed by atoms with Gasteiger partial charge in [0.1, 0.15) is 6.04 Å². The lowest BCUT2D eigenvalue weighted by molar-refractivity contribution is -0.134. The summed E-state index contributed by atoms with van der Waals surface area (Å²) in [7, 11) is 0. The molecule has 0 aliphatic carbocycles. The molecule has 1 saturated heterocycles.